The number of carbonyl (C=O) groups excluding carboxylic acids is 1. The fourth-order valence-electron chi connectivity index (χ4n) is 5.60. The Morgan fingerprint density at radius 1 is 1.07 bits per heavy atom. The first kappa shape index (κ1) is 32.2. The average molecular weight is 635 g/mol. The van der Waals surface area contributed by atoms with E-state index in [-0.39, 0.29) is 10.8 Å². The van der Waals surface area contributed by atoms with Crippen molar-refractivity contribution in [2.24, 2.45) is 0 Å². The fourth-order valence-corrected chi connectivity index (χ4v) is 6.80. The Morgan fingerprint density at radius 3 is 2.49 bits per heavy atom. The lowest BCUT2D eigenvalue weighted by molar-refractivity contribution is -0.132. The predicted octanol–water partition coefficient (Wildman–Crippen LogP) is 4.77. The molecule has 0 bridgehead atoms. The van der Waals surface area contributed by atoms with Gasteiger partial charge in [-0.1, -0.05) is 12.1 Å². The normalized spacial score (nSPS) is 14.4. The van der Waals surface area contributed by atoms with Gasteiger partial charge in [0.25, 0.3) is 0 Å². The molecular formula is C32H42N8O4S. The maximum Gasteiger partial charge on any atom is 0.233 e. The second-order valence-corrected chi connectivity index (χ2v) is 14.4. The molecule has 0 radical (unpaired) electrons. The highest BCUT2D eigenvalue weighted by atomic mass is 32.2. The van der Waals surface area contributed by atoms with E-state index in [9.17, 15) is 13.2 Å². The Kier molecular flexibility index (Phi) is 9.59. The summed E-state index contributed by atoms with van der Waals surface area (Å²) in [5.41, 5.74) is 3.93. The number of fused-ring (bicyclic) bond motifs is 1. The number of methoxy groups -OCH3 is 1. The van der Waals surface area contributed by atoms with Crippen LogP contribution in [-0.4, -0.2) is 89.8 Å². The molecule has 1 aliphatic rings. The molecule has 0 aliphatic carbocycles. The number of carbonyl (C=O) groups is 1. The van der Waals surface area contributed by atoms with Crippen LogP contribution < -0.4 is 15.4 Å². The molecule has 1 fully saturated rings. The highest BCUT2D eigenvalue weighted by molar-refractivity contribution is 7.92. The number of benzene rings is 2. The van der Waals surface area contributed by atoms with Crippen molar-refractivity contribution in [2.75, 3.05) is 51.5 Å². The largest absolute Gasteiger partial charge is 0.495 e. The van der Waals surface area contributed by atoms with Gasteiger partial charge in [0.15, 0.2) is 15.5 Å². The van der Waals surface area contributed by atoms with Gasteiger partial charge in [-0.2, -0.15) is 19.6 Å². The number of likely N-dealkylation sites (tertiary alicyclic amines) is 1. The number of sulfone groups is 1. The minimum Gasteiger partial charge on any atom is -0.495 e. The number of hydrogen-bond donors (Lipinski definition) is 2. The number of aromatic nitrogens is 4. The van der Waals surface area contributed by atoms with E-state index < -0.39 is 15.1 Å². The van der Waals surface area contributed by atoms with Crippen molar-refractivity contribution >= 4 is 44.7 Å². The first-order valence-corrected chi connectivity index (χ1v) is 16.7. The molecule has 1 aliphatic heterocycles. The number of piperidine rings is 1. The Labute approximate surface area is 264 Å². The Balaban J connectivity index is 1.38. The maximum absolute atomic E-state index is 13.1. The minimum absolute atomic E-state index is 0.185. The summed E-state index contributed by atoms with van der Waals surface area (Å²) in [6.07, 6.45) is 3.94. The standard InChI is InChI=1S/C32H42N8O4S/c1-21(2)45(42,43)28-10-8-7-9-25(28)35-32-37-31(36-29-11-15-33-40(29)32)34-26-19-22(3)24(20-27(26)44-6)23-12-17-39(18-13-23)30(41)14-16-38(4)5/h7-11,15,19-21,23H,12-14,16-18H2,1-6H3,(H2,34,35,36,37). The Morgan fingerprint density at radius 2 is 1.80 bits per heavy atom. The van der Waals surface area contributed by atoms with Crippen molar-refractivity contribution in [3.8, 4) is 5.75 Å². The average Bonchev–Trinajstić information content (AvgIpc) is 3.49. The molecule has 13 heteroatoms. The van der Waals surface area contributed by atoms with Gasteiger partial charge in [-0.15, -0.1) is 0 Å². The second kappa shape index (κ2) is 13.4. The molecule has 45 heavy (non-hydrogen) atoms. The zero-order chi connectivity index (χ0) is 32.3. The van der Waals surface area contributed by atoms with Crippen LogP contribution in [0.15, 0.2) is 53.6 Å². The second-order valence-electron chi connectivity index (χ2n) is 11.9. The van der Waals surface area contributed by atoms with Crippen molar-refractivity contribution in [1.29, 1.82) is 0 Å². The summed E-state index contributed by atoms with van der Waals surface area (Å²) in [6.45, 7) is 7.64. The summed E-state index contributed by atoms with van der Waals surface area (Å²) in [5, 5.41) is 10.2. The molecule has 0 atom stereocenters. The van der Waals surface area contributed by atoms with E-state index in [0.717, 1.165) is 38.0 Å². The Hall–Kier alpha value is -4.23. The zero-order valence-electron chi connectivity index (χ0n) is 26.7. The number of anilines is 4. The van der Waals surface area contributed by atoms with Crippen molar-refractivity contribution in [3.05, 3.63) is 59.8 Å². The molecule has 2 N–H and O–H groups in total. The number of amides is 1. The Bertz CT molecular complexity index is 1780. The number of para-hydroxylation sites is 1. The van der Waals surface area contributed by atoms with E-state index in [1.54, 1.807) is 57.5 Å². The SMILES string of the molecule is COc1cc(C2CCN(C(=O)CCN(C)C)CC2)c(C)cc1Nc1nc(Nc2ccccc2S(=O)(=O)C(C)C)n2nccc2n1. The van der Waals surface area contributed by atoms with Crippen LogP contribution in [-0.2, 0) is 14.6 Å². The summed E-state index contributed by atoms with van der Waals surface area (Å²) in [7, 11) is 2.04. The van der Waals surface area contributed by atoms with Gasteiger partial charge in [-0.3, -0.25) is 4.79 Å². The van der Waals surface area contributed by atoms with Crippen LogP contribution in [0.3, 0.4) is 0 Å². The van der Waals surface area contributed by atoms with Gasteiger partial charge >= 0.3 is 0 Å². The van der Waals surface area contributed by atoms with Crippen LogP contribution in [0.4, 0.5) is 23.3 Å². The third-order valence-corrected chi connectivity index (χ3v) is 10.4. The van der Waals surface area contributed by atoms with Gasteiger partial charge in [0, 0.05) is 32.1 Å². The van der Waals surface area contributed by atoms with Crippen LogP contribution in [0.2, 0.25) is 0 Å². The molecule has 0 unspecified atom stereocenters. The van der Waals surface area contributed by atoms with Gasteiger partial charge in [0.2, 0.25) is 17.8 Å². The first-order valence-electron chi connectivity index (χ1n) is 15.2. The van der Waals surface area contributed by atoms with Crippen LogP contribution in [0, 0.1) is 6.92 Å². The predicted molar refractivity (Wildman–Crippen MR) is 176 cm³/mol. The molecule has 2 aromatic carbocycles. The van der Waals surface area contributed by atoms with Crippen molar-refractivity contribution in [2.45, 2.75) is 56.1 Å². The molecule has 5 rings (SSSR count). The highest BCUT2D eigenvalue weighted by Gasteiger charge is 2.26. The quantitative estimate of drug-likeness (QED) is 0.238. The number of nitrogens with one attached hydrogen (secondary N) is 2. The van der Waals surface area contributed by atoms with Crippen molar-refractivity contribution < 1.29 is 17.9 Å². The molecular weight excluding hydrogens is 592 g/mol. The third-order valence-electron chi connectivity index (χ3n) is 8.21. The molecule has 0 spiro atoms. The number of ether oxygens (including phenoxy) is 1. The number of nitrogens with zero attached hydrogens (tertiary/aromatic N) is 6. The van der Waals surface area contributed by atoms with E-state index in [1.165, 1.54) is 10.1 Å². The van der Waals surface area contributed by atoms with Gasteiger partial charge < -0.3 is 25.2 Å². The molecule has 3 heterocycles. The topological polar surface area (TPSA) is 134 Å². The first-order chi connectivity index (χ1) is 21.5. The molecule has 1 saturated heterocycles. The van der Waals surface area contributed by atoms with Gasteiger partial charge in [0.05, 0.1) is 34.8 Å². The van der Waals surface area contributed by atoms with E-state index in [0.29, 0.717) is 47.0 Å². The summed E-state index contributed by atoms with van der Waals surface area (Å²) in [6, 6.07) is 12.6. The number of aryl methyl sites for hydroxylation is 1. The summed E-state index contributed by atoms with van der Waals surface area (Å²) < 4.78 is 33.5. The highest BCUT2D eigenvalue weighted by Crippen LogP contribution is 2.37. The zero-order valence-corrected chi connectivity index (χ0v) is 27.6. The lowest BCUT2D eigenvalue weighted by Gasteiger charge is -2.33. The van der Waals surface area contributed by atoms with Crippen LogP contribution in [0.5, 0.6) is 5.75 Å². The molecule has 2 aromatic heterocycles. The van der Waals surface area contributed by atoms with Gasteiger partial charge in [0.1, 0.15) is 5.75 Å². The van der Waals surface area contributed by atoms with Crippen LogP contribution in [0.25, 0.3) is 5.65 Å². The molecule has 1 amide bonds. The van der Waals surface area contributed by atoms with E-state index in [1.807, 2.05) is 30.0 Å². The fraction of sp³-hybridized carbons (Fsp3) is 0.438. The summed E-state index contributed by atoms with van der Waals surface area (Å²) >= 11 is 0. The van der Waals surface area contributed by atoms with E-state index in [4.69, 9.17) is 4.74 Å². The summed E-state index contributed by atoms with van der Waals surface area (Å²) in [5.74, 6) is 1.79. The number of rotatable bonds is 11. The minimum atomic E-state index is -3.56. The van der Waals surface area contributed by atoms with Crippen LogP contribution in [0.1, 0.15) is 50.2 Å². The van der Waals surface area contributed by atoms with Crippen molar-refractivity contribution in [1.82, 2.24) is 29.4 Å². The van der Waals surface area contributed by atoms with Crippen molar-refractivity contribution in [3.63, 3.8) is 0 Å². The van der Waals surface area contributed by atoms with Gasteiger partial charge in [-0.05, 0) is 89.0 Å². The lowest BCUT2D eigenvalue weighted by atomic mass is 9.86. The number of hydrogen-bond acceptors (Lipinski definition) is 10. The lowest BCUT2D eigenvalue weighted by Crippen LogP contribution is -2.39. The molecule has 4 aromatic rings. The van der Waals surface area contributed by atoms with E-state index >= 15 is 0 Å². The molecule has 240 valence electrons. The molecule has 0 saturated carbocycles. The summed E-state index contributed by atoms with van der Waals surface area (Å²) in [4.78, 5) is 26.1. The molecule has 12 nitrogen and oxygen atoms in total. The van der Waals surface area contributed by atoms with E-state index in [2.05, 4.69) is 38.7 Å². The monoisotopic (exact) mass is 634 g/mol. The maximum atomic E-state index is 13.1. The van der Waals surface area contributed by atoms with Crippen LogP contribution >= 0.6 is 0 Å². The third kappa shape index (κ3) is 7.04. The van der Waals surface area contributed by atoms with Gasteiger partial charge in [-0.25, -0.2) is 8.42 Å². The smallest absolute Gasteiger partial charge is 0.233 e.